The van der Waals surface area contributed by atoms with Crippen molar-refractivity contribution in [3.8, 4) is 0 Å². The average Bonchev–Trinajstić information content (AvgIpc) is 2.75. The molecule has 0 bridgehead atoms. The van der Waals surface area contributed by atoms with Crippen LogP contribution >= 0.6 is 11.6 Å². The van der Waals surface area contributed by atoms with Gasteiger partial charge in [0.2, 0.25) is 0 Å². The van der Waals surface area contributed by atoms with Gasteiger partial charge in [-0.2, -0.15) is 0 Å². The number of carboxylic acids is 1. The van der Waals surface area contributed by atoms with E-state index in [0.717, 1.165) is 11.0 Å². The lowest BCUT2D eigenvalue weighted by Gasteiger charge is -2.24. The molecule has 1 aromatic carbocycles. The summed E-state index contributed by atoms with van der Waals surface area (Å²) < 4.78 is 26.6. The van der Waals surface area contributed by atoms with Gasteiger partial charge < -0.3 is 15.3 Å². The maximum Gasteiger partial charge on any atom is 0.326 e. The van der Waals surface area contributed by atoms with E-state index in [1.807, 2.05) is 0 Å². The fourth-order valence-electron chi connectivity index (χ4n) is 2.39. The lowest BCUT2D eigenvalue weighted by atomic mass is 10.0. The Hall–Kier alpha value is -1.89. The van der Waals surface area contributed by atoms with Crippen LogP contribution in [-0.4, -0.2) is 34.6 Å². The second-order valence-electron chi connectivity index (χ2n) is 4.92. The third-order valence-corrected chi connectivity index (χ3v) is 3.75. The number of anilines is 1. The van der Waals surface area contributed by atoms with E-state index in [1.165, 1.54) is 0 Å². The number of nitrogens with one attached hydrogen (secondary N) is 1. The quantitative estimate of drug-likeness (QED) is 0.881. The summed E-state index contributed by atoms with van der Waals surface area (Å²) in [6.07, 6.45) is 0.532. The molecule has 2 unspecified atom stereocenters. The van der Waals surface area contributed by atoms with Gasteiger partial charge in [-0.05, 0) is 18.4 Å². The number of hydrogen-bond acceptors (Lipinski definition) is 2. The molecule has 0 aliphatic carbocycles. The van der Waals surface area contributed by atoms with E-state index in [0.29, 0.717) is 12.5 Å². The van der Waals surface area contributed by atoms with E-state index in [-0.39, 0.29) is 23.2 Å². The molecule has 5 nitrogen and oxygen atoms in total. The van der Waals surface area contributed by atoms with Crippen LogP contribution in [0.5, 0.6) is 0 Å². The van der Waals surface area contributed by atoms with Crippen molar-refractivity contribution in [2.45, 2.75) is 19.4 Å². The Bertz CT molecular complexity index is 574. The molecule has 1 heterocycles. The first-order valence-corrected chi connectivity index (χ1v) is 6.64. The Morgan fingerprint density at radius 2 is 2.10 bits per heavy atom. The SMILES string of the molecule is CC1CCN(C(=O)Nc2c(F)cc(F)cc2Cl)C1C(=O)O. The van der Waals surface area contributed by atoms with Crippen LogP contribution in [0.15, 0.2) is 12.1 Å². The van der Waals surface area contributed by atoms with Gasteiger partial charge in [0, 0.05) is 12.6 Å². The monoisotopic (exact) mass is 318 g/mol. The van der Waals surface area contributed by atoms with Crippen molar-refractivity contribution in [3.05, 3.63) is 28.8 Å². The molecule has 0 saturated carbocycles. The highest BCUT2D eigenvalue weighted by molar-refractivity contribution is 6.33. The van der Waals surface area contributed by atoms with Gasteiger partial charge >= 0.3 is 12.0 Å². The van der Waals surface area contributed by atoms with Crippen molar-refractivity contribution in [2.24, 2.45) is 5.92 Å². The summed E-state index contributed by atoms with van der Waals surface area (Å²) in [4.78, 5) is 24.4. The molecular weight excluding hydrogens is 306 g/mol. The second-order valence-corrected chi connectivity index (χ2v) is 5.32. The Morgan fingerprint density at radius 3 is 2.67 bits per heavy atom. The molecule has 1 aromatic rings. The molecule has 2 atom stereocenters. The van der Waals surface area contributed by atoms with Gasteiger partial charge in [0.1, 0.15) is 11.9 Å². The van der Waals surface area contributed by atoms with Crippen molar-refractivity contribution >= 4 is 29.3 Å². The number of aliphatic carboxylic acids is 1. The molecule has 8 heteroatoms. The predicted molar refractivity (Wildman–Crippen MR) is 72.3 cm³/mol. The minimum absolute atomic E-state index is 0.207. The summed E-state index contributed by atoms with van der Waals surface area (Å²) in [5.74, 6) is -3.22. The van der Waals surface area contributed by atoms with Crippen molar-refractivity contribution in [2.75, 3.05) is 11.9 Å². The molecule has 1 saturated heterocycles. The predicted octanol–water partition coefficient (Wildman–Crippen LogP) is 2.95. The lowest BCUT2D eigenvalue weighted by Crippen LogP contribution is -2.45. The number of likely N-dealkylation sites (tertiary alicyclic amines) is 1. The second kappa shape index (κ2) is 5.85. The van der Waals surface area contributed by atoms with Crippen LogP contribution in [0.25, 0.3) is 0 Å². The zero-order valence-corrected chi connectivity index (χ0v) is 11.8. The zero-order valence-electron chi connectivity index (χ0n) is 11.1. The fourth-order valence-corrected chi connectivity index (χ4v) is 2.63. The molecular formula is C13H13ClF2N2O3. The highest BCUT2D eigenvalue weighted by Gasteiger charge is 2.39. The summed E-state index contributed by atoms with van der Waals surface area (Å²) in [7, 11) is 0. The number of nitrogens with zero attached hydrogens (tertiary/aromatic N) is 1. The summed E-state index contributed by atoms with van der Waals surface area (Å²) in [5, 5.41) is 11.1. The summed E-state index contributed by atoms with van der Waals surface area (Å²) in [6.45, 7) is 1.96. The number of carboxylic acid groups (broad SMARTS) is 1. The Balaban J connectivity index is 2.21. The van der Waals surface area contributed by atoms with Gasteiger partial charge in [-0.3, -0.25) is 0 Å². The van der Waals surface area contributed by atoms with Crippen LogP contribution in [0, 0.1) is 17.6 Å². The Morgan fingerprint density at radius 1 is 1.43 bits per heavy atom. The van der Waals surface area contributed by atoms with Crippen LogP contribution in [0.2, 0.25) is 5.02 Å². The minimum Gasteiger partial charge on any atom is -0.480 e. The molecule has 2 rings (SSSR count). The molecule has 0 radical (unpaired) electrons. The molecule has 1 aliphatic heterocycles. The van der Waals surface area contributed by atoms with Gasteiger partial charge in [-0.15, -0.1) is 0 Å². The molecule has 2 amide bonds. The summed E-state index contributed by atoms with van der Waals surface area (Å²) >= 11 is 5.68. The van der Waals surface area contributed by atoms with Gasteiger partial charge in [0.15, 0.2) is 5.82 Å². The maximum absolute atomic E-state index is 13.6. The lowest BCUT2D eigenvalue weighted by molar-refractivity contribution is -0.142. The molecule has 1 fully saturated rings. The molecule has 0 aromatic heterocycles. The van der Waals surface area contributed by atoms with Crippen molar-refractivity contribution in [1.82, 2.24) is 4.90 Å². The number of halogens is 3. The van der Waals surface area contributed by atoms with Crippen molar-refractivity contribution < 1.29 is 23.5 Å². The molecule has 21 heavy (non-hydrogen) atoms. The molecule has 114 valence electrons. The maximum atomic E-state index is 13.6. The van der Waals surface area contributed by atoms with Crippen LogP contribution in [0.1, 0.15) is 13.3 Å². The van der Waals surface area contributed by atoms with E-state index in [9.17, 15) is 18.4 Å². The van der Waals surface area contributed by atoms with Crippen molar-refractivity contribution in [1.29, 1.82) is 0 Å². The molecule has 0 spiro atoms. The summed E-state index contributed by atoms with van der Waals surface area (Å²) in [5.41, 5.74) is -0.369. The van der Waals surface area contributed by atoms with Gasteiger partial charge in [-0.25, -0.2) is 18.4 Å². The van der Waals surface area contributed by atoms with Crippen LogP contribution in [0.4, 0.5) is 19.3 Å². The normalized spacial score (nSPS) is 21.4. The van der Waals surface area contributed by atoms with E-state index in [1.54, 1.807) is 6.92 Å². The Labute approximate surface area is 124 Å². The highest BCUT2D eigenvalue weighted by atomic mass is 35.5. The number of urea groups is 1. The first-order valence-electron chi connectivity index (χ1n) is 6.26. The fraction of sp³-hybridized carbons (Fsp3) is 0.385. The van der Waals surface area contributed by atoms with E-state index in [4.69, 9.17) is 16.7 Å². The summed E-state index contributed by atoms with van der Waals surface area (Å²) in [6, 6.07) is -0.309. The third-order valence-electron chi connectivity index (χ3n) is 3.45. The first kappa shape index (κ1) is 15.5. The van der Waals surface area contributed by atoms with Crippen LogP contribution in [-0.2, 0) is 4.79 Å². The van der Waals surface area contributed by atoms with Gasteiger partial charge in [-0.1, -0.05) is 18.5 Å². The van der Waals surface area contributed by atoms with Crippen LogP contribution in [0.3, 0.4) is 0 Å². The molecule has 1 aliphatic rings. The first-order chi connectivity index (χ1) is 9.81. The Kier molecular flexibility index (Phi) is 4.32. The number of hydrogen-bond donors (Lipinski definition) is 2. The van der Waals surface area contributed by atoms with E-state index < -0.39 is 29.7 Å². The van der Waals surface area contributed by atoms with E-state index >= 15 is 0 Å². The molecule has 2 N–H and O–H groups in total. The number of carbonyl (C=O) groups is 2. The minimum atomic E-state index is -1.12. The topological polar surface area (TPSA) is 69.6 Å². The van der Waals surface area contributed by atoms with Crippen molar-refractivity contribution in [3.63, 3.8) is 0 Å². The van der Waals surface area contributed by atoms with E-state index in [2.05, 4.69) is 5.32 Å². The van der Waals surface area contributed by atoms with Gasteiger partial charge in [0.25, 0.3) is 0 Å². The largest absolute Gasteiger partial charge is 0.480 e. The zero-order chi connectivity index (χ0) is 15.7. The average molecular weight is 319 g/mol. The third kappa shape index (κ3) is 3.07. The smallest absolute Gasteiger partial charge is 0.326 e. The highest BCUT2D eigenvalue weighted by Crippen LogP contribution is 2.29. The number of benzene rings is 1. The standard InChI is InChI=1S/C13H13ClF2N2O3/c1-6-2-3-18(11(6)12(19)20)13(21)17-10-8(14)4-7(15)5-9(10)16/h4-6,11H,2-3H2,1H3,(H,17,21)(H,19,20). The number of amides is 2. The van der Waals surface area contributed by atoms with Crippen LogP contribution < -0.4 is 5.32 Å². The van der Waals surface area contributed by atoms with Gasteiger partial charge in [0.05, 0.1) is 10.7 Å². The number of carbonyl (C=O) groups excluding carboxylic acids is 1. The number of rotatable bonds is 2.